The van der Waals surface area contributed by atoms with Crippen LogP contribution in [0.3, 0.4) is 0 Å². The van der Waals surface area contributed by atoms with Crippen molar-refractivity contribution in [2.75, 3.05) is 5.75 Å². The van der Waals surface area contributed by atoms with Crippen molar-refractivity contribution in [3.05, 3.63) is 71.9 Å². The molecule has 0 aliphatic rings. The zero-order valence-electron chi connectivity index (χ0n) is 15.7. The largest absolute Gasteiger partial charge is 0.348 e. The number of imidazole rings is 1. The SMILES string of the molecule is Cc1cccc(-n2ccnc2SCC(=O)NCc2nnc3ccccn23)c1C. The van der Waals surface area contributed by atoms with E-state index in [1.807, 2.05) is 45.6 Å². The summed E-state index contributed by atoms with van der Waals surface area (Å²) in [5.41, 5.74) is 4.26. The van der Waals surface area contributed by atoms with Crippen LogP contribution in [0.2, 0.25) is 0 Å². The van der Waals surface area contributed by atoms with Crippen LogP contribution in [-0.2, 0) is 11.3 Å². The Morgan fingerprint density at radius 3 is 2.89 bits per heavy atom. The summed E-state index contributed by atoms with van der Waals surface area (Å²) in [6.45, 7) is 4.51. The van der Waals surface area contributed by atoms with E-state index in [0.717, 1.165) is 16.5 Å². The summed E-state index contributed by atoms with van der Waals surface area (Å²) in [5.74, 6) is 0.901. The molecule has 1 N–H and O–H groups in total. The summed E-state index contributed by atoms with van der Waals surface area (Å²) in [5, 5.41) is 11.9. The van der Waals surface area contributed by atoms with Crippen molar-refractivity contribution < 1.29 is 4.79 Å². The molecule has 0 saturated heterocycles. The van der Waals surface area contributed by atoms with E-state index in [2.05, 4.69) is 46.5 Å². The maximum Gasteiger partial charge on any atom is 0.230 e. The number of aromatic nitrogens is 5. The normalized spacial score (nSPS) is 11.1. The van der Waals surface area contributed by atoms with Crippen LogP contribution in [0.5, 0.6) is 0 Å². The van der Waals surface area contributed by atoms with Crippen LogP contribution < -0.4 is 5.32 Å². The number of aryl methyl sites for hydroxylation is 1. The number of benzene rings is 1. The highest BCUT2D eigenvalue weighted by molar-refractivity contribution is 7.99. The molecule has 0 aliphatic heterocycles. The Bertz CT molecular complexity index is 1130. The van der Waals surface area contributed by atoms with E-state index in [0.29, 0.717) is 12.4 Å². The molecule has 0 radical (unpaired) electrons. The van der Waals surface area contributed by atoms with Gasteiger partial charge in [0.1, 0.15) is 0 Å². The second-order valence-electron chi connectivity index (χ2n) is 6.41. The van der Waals surface area contributed by atoms with E-state index in [-0.39, 0.29) is 11.7 Å². The zero-order chi connectivity index (χ0) is 19.5. The van der Waals surface area contributed by atoms with Gasteiger partial charge in [-0.1, -0.05) is 30.0 Å². The second-order valence-corrected chi connectivity index (χ2v) is 7.35. The molecule has 1 amide bonds. The lowest BCUT2D eigenvalue weighted by Crippen LogP contribution is -2.25. The van der Waals surface area contributed by atoms with Crippen molar-refractivity contribution in [3.63, 3.8) is 0 Å². The Kier molecular flexibility index (Phi) is 5.12. The van der Waals surface area contributed by atoms with Crippen LogP contribution in [0.1, 0.15) is 17.0 Å². The molecule has 4 rings (SSSR count). The summed E-state index contributed by atoms with van der Waals surface area (Å²) in [6.07, 6.45) is 5.56. The number of hydrogen-bond donors (Lipinski definition) is 1. The molecule has 0 bridgehead atoms. The minimum Gasteiger partial charge on any atom is -0.348 e. The second kappa shape index (κ2) is 7.85. The third-order valence-corrected chi connectivity index (χ3v) is 5.57. The number of nitrogens with one attached hydrogen (secondary N) is 1. The molecule has 4 aromatic rings. The monoisotopic (exact) mass is 392 g/mol. The van der Waals surface area contributed by atoms with Crippen LogP contribution >= 0.6 is 11.8 Å². The Hall–Kier alpha value is -3.13. The molecule has 28 heavy (non-hydrogen) atoms. The van der Waals surface area contributed by atoms with Crippen LogP contribution in [0.4, 0.5) is 0 Å². The van der Waals surface area contributed by atoms with Gasteiger partial charge in [-0.2, -0.15) is 0 Å². The molecule has 0 fully saturated rings. The standard InChI is InChI=1S/C20H20N6OS/c1-14-6-5-7-16(15(14)2)25-11-9-21-20(25)28-13-19(27)22-12-18-24-23-17-8-3-4-10-26(17)18/h3-11H,12-13H2,1-2H3,(H,22,27). The first-order valence-electron chi connectivity index (χ1n) is 8.91. The van der Waals surface area contributed by atoms with E-state index in [9.17, 15) is 4.79 Å². The van der Waals surface area contributed by atoms with E-state index < -0.39 is 0 Å². The van der Waals surface area contributed by atoms with E-state index >= 15 is 0 Å². The Morgan fingerprint density at radius 1 is 1.11 bits per heavy atom. The number of fused-ring (bicyclic) bond motifs is 1. The number of thioether (sulfide) groups is 1. The first-order valence-corrected chi connectivity index (χ1v) is 9.90. The first kappa shape index (κ1) is 18.2. The van der Waals surface area contributed by atoms with Gasteiger partial charge >= 0.3 is 0 Å². The van der Waals surface area contributed by atoms with Gasteiger partial charge in [-0.15, -0.1) is 10.2 Å². The van der Waals surface area contributed by atoms with E-state index in [4.69, 9.17) is 0 Å². The van der Waals surface area contributed by atoms with Crippen LogP contribution in [0.15, 0.2) is 60.1 Å². The summed E-state index contributed by atoms with van der Waals surface area (Å²) in [7, 11) is 0. The highest BCUT2D eigenvalue weighted by Crippen LogP contribution is 2.24. The van der Waals surface area contributed by atoms with Gasteiger partial charge in [0.2, 0.25) is 5.91 Å². The Labute approximate surface area is 166 Å². The average Bonchev–Trinajstić information content (AvgIpc) is 3.34. The summed E-state index contributed by atoms with van der Waals surface area (Å²) < 4.78 is 3.88. The number of carbonyl (C=O) groups is 1. The third kappa shape index (κ3) is 3.63. The topological polar surface area (TPSA) is 77.1 Å². The minimum atomic E-state index is -0.0757. The van der Waals surface area contributed by atoms with Gasteiger partial charge in [-0.05, 0) is 43.2 Å². The number of pyridine rings is 1. The fraction of sp³-hybridized carbons (Fsp3) is 0.200. The number of carbonyl (C=O) groups excluding carboxylic acids is 1. The van der Waals surface area contributed by atoms with E-state index in [1.54, 1.807) is 6.20 Å². The van der Waals surface area contributed by atoms with Gasteiger partial charge in [0.05, 0.1) is 18.0 Å². The maximum atomic E-state index is 12.3. The van der Waals surface area contributed by atoms with Crippen LogP contribution in [-0.4, -0.2) is 35.8 Å². The van der Waals surface area contributed by atoms with Gasteiger partial charge in [-0.25, -0.2) is 4.98 Å². The summed E-state index contributed by atoms with van der Waals surface area (Å²) in [6, 6.07) is 11.9. The molecule has 0 unspecified atom stereocenters. The van der Waals surface area contributed by atoms with Crippen molar-refractivity contribution in [1.82, 2.24) is 29.5 Å². The molecular weight excluding hydrogens is 372 g/mol. The highest BCUT2D eigenvalue weighted by Gasteiger charge is 2.12. The van der Waals surface area contributed by atoms with Gasteiger partial charge in [0.25, 0.3) is 0 Å². The molecule has 0 atom stereocenters. The zero-order valence-corrected chi connectivity index (χ0v) is 16.5. The quantitative estimate of drug-likeness (QED) is 0.511. The number of rotatable bonds is 6. The van der Waals surface area contributed by atoms with Crippen molar-refractivity contribution in [1.29, 1.82) is 0 Å². The lowest BCUT2D eigenvalue weighted by molar-refractivity contribution is -0.118. The molecule has 3 heterocycles. The van der Waals surface area contributed by atoms with Crippen molar-refractivity contribution >= 4 is 23.3 Å². The molecule has 0 aliphatic carbocycles. The van der Waals surface area contributed by atoms with Crippen LogP contribution in [0, 0.1) is 13.8 Å². The summed E-state index contributed by atoms with van der Waals surface area (Å²) >= 11 is 1.41. The molecule has 0 spiro atoms. The predicted molar refractivity (Wildman–Crippen MR) is 109 cm³/mol. The van der Waals surface area contributed by atoms with Gasteiger partial charge in [0.15, 0.2) is 16.6 Å². The molecule has 142 valence electrons. The molecule has 7 nitrogen and oxygen atoms in total. The minimum absolute atomic E-state index is 0.0757. The van der Waals surface area contributed by atoms with Gasteiger partial charge < -0.3 is 5.32 Å². The highest BCUT2D eigenvalue weighted by atomic mass is 32.2. The lowest BCUT2D eigenvalue weighted by Gasteiger charge is -2.12. The third-order valence-electron chi connectivity index (χ3n) is 4.60. The predicted octanol–water partition coefficient (Wildman–Crippen LogP) is 2.94. The van der Waals surface area contributed by atoms with Gasteiger partial charge in [0, 0.05) is 18.6 Å². The molecule has 1 aromatic carbocycles. The number of hydrogen-bond acceptors (Lipinski definition) is 5. The smallest absolute Gasteiger partial charge is 0.230 e. The van der Waals surface area contributed by atoms with Crippen LogP contribution in [0.25, 0.3) is 11.3 Å². The van der Waals surface area contributed by atoms with Crippen molar-refractivity contribution in [3.8, 4) is 5.69 Å². The van der Waals surface area contributed by atoms with Crippen molar-refractivity contribution in [2.24, 2.45) is 0 Å². The molecular formula is C20H20N6OS. The van der Waals surface area contributed by atoms with E-state index in [1.165, 1.54) is 22.9 Å². The fourth-order valence-electron chi connectivity index (χ4n) is 2.95. The Morgan fingerprint density at radius 2 is 2.00 bits per heavy atom. The number of nitrogens with zero attached hydrogens (tertiary/aromatic N) is 5. The molecule has 3 aromatic heterocycles. The summed E-state index contributed by atoms with van der Waals surface area (Å²) in [4.78, 5) is 16.7. The number of amides is 1. The molecule has 0 saturated carbocycles. The first-order chi connectivity index (χ1) is 13.6. The average molecular weight is 392 g/mol. The Balaban J connectivity index is 1.39. The van der Waals surface area contributed by atoms with Gasteiger partial charge in [-0.3, -0.25) is 13.8 Å². The molecule has 8 heteroatoms. The maximum absolute atomic E-state index is 12.3. The lowest BCUT2D eigenvalue weighted by atomic mass is 10.1. The van der Waals surface area contributed by atoms with Crippen molar-refractivity contribution in [2.45, 2.75) is 25.5 Å². The fourth-order valence-corrected chi connectivity index (χ4v) is 3.74.